The van der Waals surface area contributed by atoms with Crippen molar-refractivity contribution in [3.05, 3.63) is 16.0 Å². The standard InChI is InChI=1S/C13H17N3OS/c1-9-10(2)18-13(11(9)7-14)15-12(17)8-16-5-3-4-6-16/h3-6,8H2,1-2H3,(H,15,17). The molecule has 0 spiro atoms. The summed E-state index contributed by atoms with van der Waals surface area (Å²) in [6.07, 6.45) is 2.35. The average molecular weight is 263 g/mol. The van der Waals surface area contributed by atoms with Gasteiger partial charge in [-0.25, -0.2) is 0 Å². The van der Waals surface area contributed by atoms with Gasteiger partial charge in [0.2, 0.25) is 5.91 Å². The molecule has 1 aromatic rings. The van der Waals surface area contributed by atoms with Gasteiger partial charge in [0, 0.05) is 4.88 Å². The minimum Gasteiger partial charge on any atom is -0.315 e. The summed E-state index contributed by atoms with van der Waals surface area (Å²) in [5, 5.41) is 12.7. The highest BCUT2D eigenvalue weighted by Crippen LogP contribution is 2.31. The van der Waals surface area contributed by atoms with E-state index in [9.17, 15) is 4.79 Å². The molecule has 1 saturated heterocycles. The van der Waals surface area contributed by atoms with Gasteiger partial charge in [0.1, 0.15) is 11.1 Å². The van der Waals surface area contributed by atoms with E-state index in [0.29, 0.717) is 17.1 Å². The average Bonchev–Trinajstić information content (AvgIpc) is 2.89. The molecule has 0 saturated carbocycles. The number of aryl methyl sites for hydroxylation is 1. The van der Waals surface area contributed by atoms with Crippen molar-refractivity contribution in [2.24, 2.45) is 0 Å². The molecule has 96 valence electrons. The van der Waals surface area contributed by atoms with Crippen molar-refractivity contribution in [1.82, 2.24) is 4.90 Å². The summed E-state index contributed by atoms with van der Waals surface area (Å²) in [4.78, 5) is 15.1. The van der Waals surface area contributed by atoms with E-state index in [2.05, 4.69) is 16.3 Å². The van der Waals surface area contributed by atoms with Crippen molar-refractivity contribution in [1.29, 1.82) is 5.26 Å². The van der Waals surface area contributed by atoms with Crippen LogP contribution in [0.3, 0.4) is 0 Å². The first kappa shape index (κ1) is 13.1. The first-order valence-corrected chi connectivity index (χ1v) is 6.95. The quantitative estimate of drug-likeness (QED) is 0.910. The minimum atomic E-state index is -0.0188. The molecule has 1 aliphatic rings. The molecule has 2 rings (SSSR count). The van der Waals surface area contributed by atoms with Gasteiger partial charge >= 0.3 is 0 Å². The lowest BCUT2D eigenvalue weighted by Crippen LogP contribution is -2.30. The second-order valence-electron chi connectivity index (χ2n) is 4.63. The van der Waals surface area contributed by atoms with Gasteiger partial charge in [0.15, 0.2) is 0 Å². The summed E-state index contributed by atoms with van der Waals surface area (Å²) >= 11 is 1.48. The molecule has 0 atom stereocenters. The van der Waals surface area contributed by atoms with Gasteiger partial charge in [-0.3, -0.25) is 9.69 Å². The Morgan fingerprint density at radius 3 is 2.72 bits per heavy atom. The first-order valence-electron chi connectivity index (χ1n) is 6.14. The largest absolute Gasteiger partial charge is 0.315 e. The number of likely N-dealkylation sites (tertiary alicyclic amines) is 1. The van der Waals surface area contributed by atoms with E-state index in [-0.39, 0.29) is 5.91 Å². The molecule has 5 heteroatoms. The number of hydrogen-bond acceptors (Lipinski definition) is 4. The van der Waals surface area contributed by atoms with Crippen molar-refractivity contribution < 1.29 is 4.79 Å². The number of anilines is 1. The number of hydrogen-bond donors (Lipinski definition) is 1. The number of rotatable bonds is 3. The molecule has 4 nitrogen and oxygen atoms in total. The Morgan fingerprint density at radius 1 is 1.44 bits per heavy atom. The van der Waals surface area contributed by atoms with E-state index in [1.54, 1.807) is 0 Å². The third-order valence-electron chi connectivity index (χ3n) is 3.32. The molecule has 0 aromatic carbocycles. The summed E-state index contributed by atoms with van der Waals surface area (Å²) < 4.78 is 0. The number of carbonyl (C=O) groups excluding carboxylic acids is 1. The molecule has 18 heavy (non-hydrogen) atoms. The summed E-state index contributed by atoms with van der Waals surface area (Å²) in [5.41, 5.74) is 1.58. The maximum absolute atomic E-state index is 11.9. The molecular formula is C13H17N3OS. The molecule has 1 N–H and O–H groups in total. The zero-order chi connectivity index (χ0) is 13.1. The van der Waals surface area contributed by atoms with Gasteiger partial charge in [-0.2, -0.15) is 5.26 Å². The van der Waals surface area contributed by atoms with Crippen LogP contribution in [0, 0.1) is 25.2 Å². The smallest absolute Gasteiger partial charge is 0.239 e. The molecule has 0 unspecified atom stereocenters. The number of amides is 1. The lowest BCUT2D eigenvalue weighted by Gasteiger charge is -2.13. The fourth-order valence-corrected chi connectivity index (χ4v) is 3.19. The Bertz CT molecular complexity index is 495. The molecule has 2 heterocycles. The summed E-state index contributed by atoms with van der Waals surface area (Å²) in [5.74, 6) is -0.0188. The predicted octanol–water partition coefficient (Wildman–Crippen LogP) is 2.27. The van der Waals surface area contributed by atoms with E-state index in [1.165, 1.54) is 24.2 Å². The highest BCUT2D eigenvalue weighted by molar-refractivity contribution is 7.16. The zero-order valence-corrected chi connectivity index (χ0v) is 11.6. The van der Waals surface area contributed by atoms with Crippen molar-refractivity contribution in [2.75, 3.05) is 25.0 Å². The molecule has 0 bridgehead atoms. The van der Waals surface area contributed by atoms with Crippen LogP contribution < -0.4 is 5.32 Å². The number of nitrogens with one attached hydrogen (secondary N) is 1. The number of carbonyl (C=O) groups is 1. The maximum atomic E-state index is 11.9. The van der Waals surface area contributed by atoms with Crippen LogP contribution in [-0.2, 0) is 4.79 Å². The fourth-order valence-electron chi connectivity index (χ4n) is 2.16. The molecule has 0 aliphatic carbocycles. The Morgan fingerprint density at radius 2 is 2.11 bits per heavy atom. The number of nitrogens with zero attached hydrogens (tertiary/aromatic N) is 2. The lowest BCUT2D eigenvalue weighted by atomic mass is 10.2. The van der Waals surface area contributed by atoms with Crippen LogP contribution >= 0.6 is 11.3 Å². The van der Waals surface area contributed by atoms with Gasteiger partial charge in [-0.1, -0.05) is 0 Å². The van der Waals surface area contributed by atoms with Gasteiger partial charge < -0.3 is 5.32 Å². The van der Waals surface area contributed by atoms with E-state index < -0.39 is 0 Å². The molecule has 0 radical (unpaired) electrons. The Labute approximate surface area is 111 Å². The Hall–Kier alpha value is -1.38. The fraction of sp³-hybridized carbons (Fsp3) is 0.538. The molecule has 1 fully saturated rings. The van der Waals surface area contributed by atoms with Crippen LogP contribution in [0.25, 0.3) is 0 Å². The van der Waals surface area contributed by atoms with Crippen molar-refractivity contribution in [3.63, 3.8) is 0 Å². The number of thiophene rings is 1. The second-order valence-corrected chi connectivity index (χ2v) is 5.86. The van der Waals surface area contributed by atoms with Gasteiger partial charge in [-0.05, 0) is 45.3 Å². The summed E-state index contributed by atoms with van der Waals surface area (Å²) in [6, 6.07) is 2.17. The maximum Gasteiger partial charge on any atom is 0.239 e. The summed E-state index contributed by atoms with van der Waals surface area (Å²) in [6.45, 7) is 6.32. The van der Waals surface area contributed by atoms with E-state index in [4.69, 9.17) is 5.26 Å². The highest BCUT2D eigenvalue weighted by atomic mass is 32.1. The third kappa shape index (κ3) is 2.71. The van der Waals surface area contributed by atoms with Gasteiger partial charge in [0.05, 0.1) is 12.1 Å². The van der Waals surface area contributed by atoms with Crippen molar-refractivity contribution >= 4 is 22.2 Å². The molecular weight excluding hydrogens is 246 g/mol. The van der Waals surface area contributed by atoms with Gasteiger partial charge in [0.25, 0.3) is 0 Å². The van der Waals surface area contributed by atoms with Crippen LogP contribution in [0.1, 0.15) is 28.8 Å². The molecule has 1 aromatic heterocycles. The van der Waals surface area contributed by atoms with E-state index in [0.717, 1.165) is 23.5 Å². The second kappa shape index (κ2) is 5.51. The Kier molecular flexibility index (Phi) is 4.00. The van der Waals surface area contributed by atoms with Crippen LogP contribution in [0.5, 0.6) is 0 Å². The highest BCUT2D eigenvalue weighted by Gasteiger charge is 2.18. The SMILES string of the molecule is Cc1sc(NC(=O)CN2CCCC2)c(C#N)c1C. The van der Waals surface area contributed by atoms with Crippen molar-refractivity contribution in [3.8, 4) is 6.07 Å². The van der Waals surface area contributed by atoms with Crippen molar-refractivity contribution in [2.45, 2.75) is 26.7 Å². The predicted molar refractivity (Wildman–Crippen MR) is 72.8 cm³/mol. The van der Waals surface area contributed by atoms with Crippen LogP contribution in [0.4, 0.5) is 5.00 Å². The van der Waals surface area contributed by atoms with Gasteiger partial charge in [-0.15, -0.1) is 11.3 Å². The normalized spacial score (nSPS) is 15.6. The van der Waals surface area contributed by atoms with E-state index >= 15 is 0 Å². The zero-order valence-electron chi connectivity index (χ0n) is 10.7. The topological polar surface area (TPSA) is 56.1 Å². The molecule has 1 amide bonds. The Balaban J connectivity index is 2.02. The van der Waals surface area contributed by atoms with Crippen LogP contribution in [-0.4, -0.2) is 30.4 Å². The van der Waals surface area contributed by atoms with E-state index in [1.807, 2.05) is 13.8 Å². The van der Waals surface area contributed by atoms with Crippen LogP contribution in [0.15, 0.2) is 0 Å². The van der Waals surface area contributed by atoms with Crippen LogP contribution in [0.2, 0.25) is 0 Å². The summed E-state index contributed by atoms with van der Waals surface area (Å²) in [7, 11) is 0. The first-order chi connectivity index (χ1) is 8.61. The third-order valence-corrected chi connectivity index (χ3v) is 4.44. The molecule has 1 aliphatic heterocycles. The number of nitriles is 1. The lowest BCUT2D eigenvalue weighted by molar-refractivity contribution is -0.117. The minimum absolute atomic E-state index is 0.0188. The monoisotopic (exact) mass is 263 g/mol.